The van der Waals surface area contributed by atoms with Crippen molar-refractivity contribution in [2.75, 3.05) is 19.0 Å². The highest BCUT2D eigenvalue weighted by Gasteiger charge is 2.50. The third-order valence-corrected chi connectivity index (χ3v) is 7.14. The number of carbonyl (C=O) groups excluding carboxylic acids is 3. The van der Waals surface area contributed by atoms with Crippen molar-refractivity contribution in [2.45, 2.75) is 46.5 Å². The van der Waals surface area contributed by atoms with Crippen LogP contribution in [-0.2, 0) is 22.4 Å². The van der Waals surface area contributed by atoms with Gasteiger partial charge >= 0.3 is 0 Å². The van der Waals surface area contributed by atoms with Gasteiger partial charge in [0.25, 0.3) is 5.91 Å². The average molecular weight is 469 g/mol. The second kappa shape index (κ2) is 7.89. The van der Waals surface area contributed by atoms with E-state index in [1.54, 1.807) is 0 Å². The molecular weight excluding hydrogens is 436 g/mol. The maximum Gasteiger partial charge on any atom is 0.255 e. The zero-order valence-corrected chi connectivity index (χ0v) is 20.2. The van der Waals surface area contributed by atoms with Crippen molar-refractivity contribution < 1.29 is 29.7 Å². The number of nitrogens with two attached hydrogens (primary N) is 1. The summed E-state index contributed by atoms with van der Waals surface area (Å²) < 4.78 is 0. The number of aromatic hydroxyl groups is 1. The number of anilines is 1. The van der Waals surface area contributed by atoms with Crippen molar-refractivity contribution in [1.82, 2.24) is 0 Å². The van der Waals surface area contributed by atoms with Crippen LogP contribution in [0.1, 0.15) is 55.1 Å². The van der Waals surface area contributed by atoms with Crippen molar-refractivity contribution in [2.24, 2.45) is 28.9 Å². The lowest BCUT2D eigenvalue weighted by molar-refractivity contribution is -0.126. The Kier molecular flexibility index (Phi) is 5.54. The summed E-state index contributed by atoms with van der Waals surface area (Å²) in [6.45, 7) is 6.13. The highest BCUT2D eigenvalue weighted by molar-refractivity contribution is 6.22. The van der Waals surface area contributed by atoms with Gasteiger partial charge in [-0.25, -0.2) is 0 Å². The monoisotopic (exact) mass is 468 g/mol. The molecule has 8 nitrogen and oxygen atoms in total. The van der Waals surface area contributed by atoms with Crippen LogP contribution in [0.5, 0.6) is 5.75 Å². The molecule has 3 atom stereocenters. The van der Waals surface area contributed by atoms with Crippen LogP contribution in [0.4, 0.5) is 5.69 Å². The quantitative estimate of drug-likeness (QED) is 0.499. The van der Waals surface area contributed by atoms with Gasteiger partial charge in [0.1, 0.15) is 22.8 Å². The predicted octanol–water partition coefficient (Wildman–Crippen LogP) is 3.12. The second-order valence-corrected chi connectivity index (χ2v) is 11.1. The van der Waals surface area contributed by atoms with E-state index in [-0.39, 0.29) is 46.2 Å². The van der Waals surface area contributed by atoms with Gasteiger partial charge in [-0.2, -0.15) is 0 Å². The Bertz CT molecular complexity index is 1180. The summed E-state index contributed by atoms with van der Waals surface area (Å²) in [6.07, 6.45) is 1.36. The van der Waals surface area contributed by atoms with Crippen LogP contribution in [-0.4, -0.2) is 46.9 Å². The molecule has 3 unspecified atom stereocenters. The number of amides is 1. The zero-order chi connectivity index (χ0) is 25.3. The summed E-state index contributed by atoms with van der Waals surface area (Å²) in [6, 6.07) is 1.92. The number of phenols is 1. The van der Waals surface area contributed by atoms with E-state index in [2.05, 4.69) is 0 Å². The third-order valence-electron chi connectivity index (χ3n) is 7.14. The number of benzene rings is 1. The maximum atomic E-state index is 13.8. The Balaban J connectivity index is 1.88. The average Bonchev–Trinajstić information content (AvgIpc) is 2.67. The van der Waals surface area contributed by atoms with Gasteiger partial charge in [0.05, 0.1) is 11.5 Å². The fraction of sp³-hybridized carbons (Fsp3) is 0.500. The smallest absolute Gasteiger partial charge is 0.255 e. The lowest BCUT2D eigenvalue weighted by Crippen LogP contribution is -2.43. The van der Waals surface area contributed by atoms with Crippen molar-refractivity contribution in [3.63, 3.8) is 0 Å². The lowest BCUT2D eigenvalue weighted by atomic mass is 9.62. The number of hydrogen-bond acceptors (Lipinski definition) is 7. The van der Waals surface area contributed by atoms with Crippen LogP contribution in [0.15, 0.2) is 28.7 Å². The maximum absolute atomic E-state index is 13.8. The summed E-state index contributed by atoms with van der Waals surface area (Å²) in [4.78, 5) is 40.4. The number of hydrogen-bond donors (Lipinski definition) is 4. The molecule has 0 spiro atoms. The summed E-state index contributed by atoms with van der Waals surface area (Å²) in [5.41, 5.74) is 7.11. The first kappa shape index (κ1) is 23.9. The first-order valence-corrected chi connectivity index (χ1v) is 11.5. The third kappa shape index (κ3) is 3.65. The number of aliphatic hydroxyl groups excluding tert-OH is 2. The van der Waals surface area contributed by atoms with Gasteiger partial charge in [-0.3, -0.25) is 14.4 Å². The van der Waals surface area contributed by atoms with Gasteiger partial charge < -0.3 is 26.0 Å². The number of rotatable bonds is 3. The number of aliphatic hydroxyl groups is 2. The Hall–Kier alpha value is -3.29. The van der Waals surface area contributed by atoms with Crippen LogP contribution in [0.3, 0.4) is 0 Å². The van der Waals surface area contributed by atoms with Gasteiger partial charge in [0.2, 0.25) is 0 Å². The zero-order valence-electron chi connectivity index (χ0n) is 20.2. The molecule has 0 radical (unpaired) electrons. The molecule has 4 rings (SSSR count). The predicted molar refractivity (Wildman–Crippen MR) is 127 cm³/mol. The van der Waals surface area contributed by atoms with Crippen molar-refractivity contribution in [3.05, 3.63) is 45.4 Å². The normalized spacial score (nSPS) is 24.6. The standard InChI is InChI=1S/C26H32N2O6/c1-26(2,3)10-13-8-15(28(4)5)14-7-11-6-12-9-16(29)20(25(27)34)24(33)18(12)22(31)17(11)23(32)19(14)21(13)30/h8,11-12,18,29-31H,6-7,9-10H2,1-5H3,(H2,27,34). The minimum Gasteiger partial charge on any atom is -0.511 e. The first-order valence-electron chi connectivity index (χ1n) is 11.5. The van der Waals surface area contributed by atoms with E-state index in [0.717, 1.165) is 5.69 Å². The molecule has 0 heterocycles. The molecule has 1 aromatic rings. The van der Waals surface area contributed by atoms with Crippen molar-refractivity contribution in [1.29, 1.82) is 0 Å². The summed E-state index contributed by atoms with van der Waals surface area (Å²) >= 11 is 0. The Labute approximate surface area is 198 Å². The fourth-order valence-electron chi connectivity index (χ4n) is 5.85. The van der Waals surface area contributed by atoms with E-state index in [1.165, 1.54) is 0 Å². The number of carbonyl (C=O) groups is 3. The van der Waals surface area contributed by atoms with Gasteiger partial charge in [-0.05, 0) is 53.7 Å². The van der Waals surface area contributed by atoms with Gasteiger partial charge in [0, 0.05) is 31.8 Å². The molecule has 3 aliphatic carbocycles. The van der Waals surface area contributed by atoms with E-state index >= 15 is 0 Å². The molecule has 1 aromatic carbocycles. The number of ketones is 2. The molecular formula is C26H32N2O6. The highest BCUT2D eigenvalue weighted by atomic mass is 16.3. The molecule has 0 aliphatic heterocycles. The molecule has 5 N–H and O–H groups in total. The number of allylic oxidation sites excluding steroid dienone is 3. The number of primary amides is 1. The topological polar surface area (TPSA) is 141 Å². The van der Waals surface area contributed by atoms with Crippen LogP contribution in [0, 0.1) is 23.2 Å². The molecule has 0 bridgehead atoms. The molecule has 8 heteroatoms. The number of Topliss-reactive ketones (excluding diaryl/α,β-unsaturated/α-hetero) is 2. The Morgan fingerprint density at radius 2 is 1.79 bits per heavy atom. The van der Waals surface area contributed by atoms with E-state index in [9.17, 15) is 29.7 Å². The van der Waals surface area contributed by atoms with Gasteiger partial charge in [-0.1, -0.05) is 20.8 Å². The summed E-state index contributed by atoms with van der Waals surface area (Å²) in [7, 11) is 3.76. The molecule has 3 aliphatic rings. The molecule has 0 saturated heterocycles. The minimum absolute atomic E-state index is 0.0277. The van der Waals surface area contributed by atoms with E-state index in [1.807, 2.05) is 45.8 Å². The lowest BCUT2D eigenvalue weighted by Gasteiger charge is -2.41. The summed E-state index contributed by atoms with van der Waals surface area (Å²) in [5, 5.41) is 32.6. The molecule has 182 valence electrons. The van der Waals surface area contributed by atoms with E-state index in [0.29, 0.717) is 30.4 Å². The van der Waals surface area contributed by atoms with Crippen LogP contribution in [0.25, 0.3) is 0 Å². The van der Waals surface area contributed by atoms with Crippen LogP contribution >= 0.6 is 0 Å². The van der Waals surface area contributed by atoms with Crippen LogP contribution in [0.2, 0.25) is 0 Å². The Morgan fingerprint density at radius 1 is 1.15 bits per heavy atom. The van der Waals surface area contributed by atoms with E-state index in [4.69, 9.17) is 5.73 Å². The van der Waals surface area contributed by atoms with Crippen LogP contribution < -0.4 is 10.6 Å². The molecule has 1 amide bonds. The molecule has 0 fully saturated rings. The SMILES string of the molecule is CN(C)c1cc(CC(C)(C)C)c(O)c2c1CC1CC3CC(O)=C(C(N)=O)C(=O)C3C(O)=C1C2=O. The molecule has 0 saturated carbocycles. The molecule has 34 heavy (non-hydrogen) atoms. The van der Waals surface area contributed by atoms with Gasteiger partial charge in [0.15, 0.2) is 11.6 Å². The summed E-state index contributed by atoms with van der Waals surface area (Å²) in [5.74, 6) is -5.07. The largest absolute Gasteiger partial charge is 0.511 e. The highest BCUT2D eigenvalue weighted by Crippen LogP contribution is 2.51. The number of nitrogens with zero attached hydrogens (tertiary/aromatic N) is 1. The van der Waals surface area contributed by atoms with Gasteiger partial charge in [-0.15, -0.1) is 0 Å². The second-order valence-electron chi connectivity index (χ2n) is 11.1. The van der Waals surface area contributed by atoms with Crippen molar-refractivity contribution >= 4 is 23.2 Å². The Morgan fingerprint density at radius 3 is 2.35 bits per heavy atom. The number of phenolic OH excluding ortho intramolecular Hbond substituents is 1. The molecule has 0 aromatic heterocycles. The first-order chi connectivity index (χ1) is 15.7. The van der Waals surface area contributed by atoms with E-state index < -0.39 is 34.9 Å². The fourth-order valence-corrected chi connectivity index (χ4v) is 5.85. The number of fused-ring (bicyclic) bond motifs is 3. The minimum atomic E-state index is -1.11. The van der Waals surface area contributed by atoms with Crippen molar-refractivity contribution in [3.8, 4) is 5.75 Å².